The van der Waals surface area contributed by atoms with Gasteiger partial charge in [-0.15, -0.1) is 0 Å². The first-order valence-electron chi connectivity index (χ1n) is 9.17. The molecule has 1 N–H and O–H groups in total. The van der Waals surface area contributed by atoms with Gasteiger partial charge in [0, 0.05) is 11.2 Å². The number of benzene rings is 2. The van der Waals surface area contributed by atoms with Crippen molar-refractivity contribution in [2.45, 2.75) is 17.5 Å². The Morgan fingerprint density at radius 3 is 2.57 bits per heavy atom. The summed E-state index contributed by atoms with van der Waals surface area (Å²) in [5.74, 6) is -0.106. The number of nitrogens with zero attached hydrogens (tertiary/aromatic N) is 2. The highest BCUT2D eigenvalue weighted by atomic mass is 35.5. The quantitative estimate of drug-likeness (QED) is 0.654. The van der Waals surface area contributed by atoms with Crippen molar-refractivity contribution in [3.63, 3.8) is 0 Å². The van der Waals surface area contributed by atoms with E-state index in [1.165, 1.54) is 28.6 Å². The van der Waals surface area contributed by atoms with Gasteiger partial charge in [0.2, 0.25) is 0 Å². The van der Waals surface area contributed by atoms with Crippen molar-refractivity contribution in [3.05, 3.63) is 83.6 Å². The van der Waals surface area contributed by atoms with Crippen molar-refractivity contribution in [3.8, 4) is 5.75 Å². The van der Waals surface area contributed by atoms with Crippen LogP contribution in [0.1, 0.15) is 5.69 Å². The Kier molecular flexibility index (Phi) is 5.61. The summed E-state index contributed by atoms with van der Waals surface area (Å²) in [6, 6.07) is 18.0. The third kappa shape index (κ3) is 4.10. The zero-order valence-corrected chi connectivity index (χ0v) is 17.3. The summed E-state index contributed by atoms with van der Waals surface area (Å²) in [7, 11) is -3.92. The van der Waals surface area contributed by atoms with E-state index in [0.717, 1.165) is 0 Å². The normalized spacial score (nSPS) is 15.8. The van der Waals surface area contributed by atoms with E-state index in [1.54, 1.807) is 42.6 Å². The number of ether oxygens (including phenoxy) is 1. The van der Waals surface area contributed by atoms with Crippen LogP contribution < -0.4 is 14.4 Å². The highest BCUT2D eigenvalue weighted by Gasteiger charge is 2.37. The maximum atomic E-state index is 13.3. The van der Waals surface area contributed by atoms with Gasteiger partial charge in [-0.05, 0) is 48.5 Å². The number of fused-ring (bicyclic) bond motifs is 1. The summed E-state index contributed by atoms with van der Waals surface area (Å²) in [6.07, 6.45) is 0.626. The van der Waals surface area contributed by atoms with Crippen LogP contribution in [-0.2, 0) is 21.4 Å². The Bertz CT molecular complexity index is 1150. The van der Waals surface area contributed by atoms with Gasteiger partial charge in [0.1, 0.15) is 5.75 Å². The predicted octanol–water partition coefficient (Wildman–Crippen LogP) is 3.01. The average molecular weight is 444 g/mol. The van der Waals surface area contributed by atoms with Crippen LogP contribution in [0.2, 0.25) is 5.02 Å². The Hall–Kier alpha value is -3.10. The fourth-order valence-electron chi connectivity index (χ4n) is 3.09. The standard InChI is InChI=1S/C21H18ClN3O4S/c22-15-8-10-17(11-9-15)30(27,28)25-14-20(29-19-7-2-1-6-18(19)25)21(26)24-13-16-5-3-4-12-23-16/h1-12,20H,13-14H2,(H,24,26)/t20-/m1/s1. The van der Waals surface area contributed by atoms with Gasteiger partial charge in [0.15, 0.2) is 6.10 Å². The van der Waals surface area contributed by atoms with E-state index >= 15 is 0 Å². The van der Waals surface area contributed by atoms with Gasteiger partial charge >= 0.3 is 0 Å². The molecule has 9 heteroatoms. The molecule has 1 aliphatic heterocycles. The molecule has 3 aromatic rings. The Morgan fingerprint density at radius 1 is 1.10 bits per heavy atom. The first-order chi connectivity index (χ1) is 14.4. The van der Waals surface area contributed by atoms with Crippen LogP contribution in [-0.4, -0.2) is 32.0 Å². The van der Waals surface area contributed by atoms with Crippen LogP contribution in [0.25, 0.3) is 0 Å². The average Bonchev–Trinajstić information content (AvgIpc) is 2.77. The van der Waals surface area contributed by atoms with Gasteiger partial charge in [0.05, 0.1) is 29.4 Å². The van der Waals surface area contributed by atoms with E-state index in [-0.39, 0.29) is 18.0 Å². The molecule has 1 atom stereocenters. The zero-order valence-electron chi connectivity index (χ0n) is 15.7. The lowest BCUT2D eigenvalue weighted by atomic mass is 10.2. The summed E-state index contributed by atoms with van der Waals surface area (Å²) < 4.78 is 33.6. The monoisotopic (exact) mass is 443 g/mol. The molecule has 1 aromatic heterocycles. The maximum Gasteiger partial charge on any atom is 0.264 e. The van der Waals surface area contributed by atoms with E-state index in [1.807, 2.05) is 6.07 Å². The molecule has 0 fully saturated rings. The fourth-order valence-corrected chi connectivity index (χ4v) is 4.70. The minimum Gasteiger partial charge on any atom is -0.476 e. The highest BCUT2D eigenvalue weighted by Crippen LogP contribution is 2.36. The molecule has 0 aliphatic carbocycles. The van der Waals surface area contributed by atoms with Gasteiger partial charge in [-0.1, -0.05) is 29.8 Å². The minimum atomic E-state index is -3.92. The van der Waals surface area contributed by atoms with Gasteiger partial charge < -0.3 is 10.1 Å². The summed E-state index contributed by atoms with van der Waals surface area (Å²) in [5.41, 5.74) is 1.06. The lowest BCUT2D eigenvalue weighted by molar-refractivity contribution is -0.127. The molecule has 0 spiro atoms. The number of rotatable bonds is 5. The number of sulfonamides is 1. The van der Waals surface area contributed by atoms with Crippen molar-refractivity contribution >= 4 is 33.2 Å². The molecule has 1 aliphatic rings. The molecule has 30 heavy (non-hydrogen) atoms. The predicted molar refractivity (Wildman–Crippen MR) is 113 cm³/mol. The number of carbonyl (C=O) groups is 1. The van der Waals surface area contributed by atoms with Crippen LogP contribution in [0.3, 0.4) is 0 Å². The molecule has 0 saturated heterocycles. The number of aromatic nitrogens is 1. The molecular formula is C21H18ClN3O4S. The Balaban J connectivity index is 1.60. The molecule has 154 valence electrons. The van der Waals surface area contributed by atoms with Gasteiger partial charge in [-0.3, -0.25) is 14.1 Å². The smallest absolute Gasteiger partial charge is 0.264 e. The number of halogens is 1. The largest absolute Gasteiger partial charge is 0.476 e. The van der Waals surface area contributed by atoms with Crippen molar-refractivity contribution in [2.24, 2.45) is 0 Å². The molecule has 4 rings (SSSR count). The van der Waals surface area contributed by atoms with Gasteiger partial charge in [0.25, 0.3) is 15.9 Å². The third-order valence-corrected chi connectivity index (χ3v) is 6.64. The van der Waals surface area contributed by atoms with Crippen molar-refractivity contribution < 1.29 is 17.9 Å². The number of amides is 1. The molecule has 0 bridgehead atoms. The van der Waals surface area contributed by atoms with E-state index < -0.39 is 22.0 Å². The number of carbonyl (C=O) groups excluding carboxylic acids is 1. The number of nitrogens with one attached hydrogen (secondary N) is 1. The van der Waals surface area contributed by atoms with E-state index in [4.69, 9.17) is 16.3 Å². The number of hydrogen-bond acceptors (Lipinski definition) is 5. The summed E-state index contributed by atoms with van der Waals surface area (Å²) in [6.45, 7) is 0.0567. The number of pyridine rings is 1. The second-order valence-electron chi connectivity index (χ2n) is 6.60. The molecule has 2 heterocycles. The number of hydrogen-bond donors (Lipinski definition) is 1. The molecule has 1 amide bonds. The van der Waals surface area contributed by atoms with Crippen LogP contribution in [0.4, 0.5) is 5.69 Å². The SMILES string of the molecule is O=C(NCc1ccccn1)[C@H]1CN(S(=O)(=O)c2ccc(Cl)cc2)c2ccccc2O1. The molecule has 2 aromatic carbocycles. The topological polar surface area (TPSA) is 88.6 Å². The number of anilines is 1. The van der Waals surface area contributed by atoms with Gasteiger partial charge in [-0.2, -0.15) is 0 Å². The maximum absolute atomic E-state index is 13.3. The van der Waals surface area contributed by atoms with Gasteiger partial charge in [-0.25, -0.2) is 8.42 Å². The van der Waals surface area contributed by atoms with E-state index in [9.17, 15) is 13.2 Å². The third-order valence-electron chi connectivity index (χ3n) is 4.60. The van der Waals surface area contributed by atoms with Crippen molar-refractivity contribution in [1.29, 1.82) is 0 Å². The highest BCUT2D eigenvalue weighted by molar-refractivity contribution is 7.92. The van der Waals surface area contributed by atoms with Crippen LogP contribution in [0, 0.1) is 0 Å². The second-order valence-corrected chi connectivity index (χ2v) is 8.90. The van der Waals surface area contributed by atoms with Crippen LogP contribution in [0.15, 0.2) is 77.8 Å². The zero-order chi connectivity index (χ0) is 21.1. The minimum absolute atomic E-state index is 0.0799. The lowest BCUT2D eigenvalue weighted by Crippen LogP contribution is -2.50. The summed E-state index contributed by atoms with van der Waals surface area (Å²) in [5, 5.41) is 3.19. The van der Waals surface area contributed by atoms with Crippen molar-refractivity contribution in [1.82, 2.24) is 10.3 Å². The molecule has 7 nitrogen and oxygen atoms in total. The molecule has 0 radical (unpaired) electrons. The van der Waals surface area contributed by atoms with Crippen LogP contribution >= 0.6 is 11.6 Å². The fraction of sp³-hybridized carbons (Fsp3) is 0.143. The molecule has 0 unspecified atom stereocenters. The summed E-state index contributed by atoms with van der Waals surface area (Å²) in [4.78, 5) is 17.0. The first kappa shape index (κ1) is 20.2. The lowest BCUT2D eigenvalue weighted by Gasteiger charge is -2.34. The second kappa shape index (κ2) is 8.33. The van der Waals surface area contributed by atoms with Crippen LogP contribution in [0.5, 0.6) is 5.75 Å². The summed E-state index contributed by atoms with van der Waals surface area (Å²) >= 11 is 5.89. The Labute approximate surface area is 179 Å². The van der Waals surface area contributed by atoms with Crippen molar-refractivity contribution in [2.75, 3.05) is 10.8 Å². The molecular weight excluding hydrogens is 426 g/mol. The molecule has 0 saturated carbocycles. The van der Waals surface area contributed by atoms with E-state index in [2.05, 4.69) is 10.3 Å². The Morgan fingerprint density at radius 2 is 1.83 bits per heavy atom. The van der Waals surface area contributed by atoms with E-state index in [0.29, 0.717) is 22.2 Å². The first-order valence-corrected chi connectivity index (χ1v) is 11.0. The number of para-hydroxylation sites is 2.